The molecule has 0 spiro atoms. The smallest absolute Gasteiger partial charge is 0.328 e. The number of ether oxygens (including phenoxy) is 2. The molecule has 6 heteroatoms. The molecule has 0 aliphatic rings. The zero-order chi connectivity index (χ0) is 11.7. The third kappa shape index (κ3) is 6.87. The van der Waals surface area contributed by atoms with Crippen LogP contribution in [-0.4, -0.2) is 51.8 Å². The summed E-state index contributed by atoms with van der Waals surface area (Å²) >= 11 is 0. The van der Waals surface area contributed by atoms with E-state index in [9.17, 15) is 9.59 Å². The molecule has 6 nitrogen and oxygen atoms in total. The van der Waals surface area contributed by atoms with Crippen LogP contribution < -0.4 is 10.6 Å². The molecule has 0 rings (SSSR count). The van der Waals surface area contributed by atoms with Gasteiger partial charge in [0.1, 0.15) is 6.04 Å². The van der Waals surface area contributed by atoms with Gasteiger partial charge in [0.15, 0.2) is 0 Å². The quantitative estimate of drug-likeness (QED) is 0.419. The number of esters is 1. The lowest BCUT2D eigenvalue weighted by molar-refractivity contribution is -0.144. The van der Waals surface area contributed by atoms with E-state index in [0.717, 1.165) is 0 Å². The van der Waals surface area contributed by atoms with Gasteiger partial charge in [-0.3, -0.25) is 4.79 Å². The first-order valence-electron chi connectivity index (χ1n) is 4.68. The summed E-state index contributed by atoms with van der Waals surface area (Å²) in [5.41, 5.74) is 0. The number of hydrogen-bond donors (Lipinski definition) is 2. The first-order chi connectivity index (χ1) is 7.11. The fraction of sp³-hybridized carbons (Fsp3) is 0.778. The molecule has 0 unspecified atom stereocenters. The molecule has 0 radical (unpaired) electrons. The lowest BCUT2D eigenvalue weighted by Gasteiger charge is -2.11. The highest BCUT2D eigenvalue weighted by Gasteiger charge is 2.14. The van der Waals surface area contributed by atoms with E-state index < -0.39 is 12.0 Å². The van der Waals surface area contributed by atoms with Gasteiger partial charge in [-0.2, -0.15) is 0 Å². The molecular formula is C9H18N2O4. The monoisotopic (exact) mass is 218 g/mol. The molecule has 0 aromatic carbocycles. The molecule has 1 atom stereocenters. The molecule has 0 bridgehead atoms. The number of carbonyl (C=O) groups is 2. The van der Waals surface area contributed by atoms with Gasteiger partial charge < -0.3 is 20.1 Å². The highest BCUT2D eigenvalue weighted by atomic mass is 16.5. The van der Waals surface area contributed by atoms with Gasteiger partial charge in [0.05, 0.1) is 20.3 Å². The maximum absolute atomic E-state index is 11.2. The lowest BCUT2D eigenvalue weighted by atomic mass is 10.3. The second kappa shape index (κ2) is 8.19. The summed E-state index contributed by atoms with van der Waals surface area (Å²) in [5.74, 6) is -0.704. The Hall–Kier alpha value is -1.14. The van der Waals surface area contributed by atoms with Crippen LogP contribution in [0.1, 0.15) is 6.92 Å². The predicted molar refractivity (Wildman–Crippen MR) is 54.4 cm³/mol. The minimum Gasteiger partial charge on any atom is -0.467 e. The number of amides is 1. The Morgan fingerprint density at radius 2 is 2.00 bits per heavy atom. The fourth-order valence-corrected chi connectivity index (χ4v) is 0.904. The van der Waals surface area contributed by atoms with E-state index >= 15 is 0 Å². The van der Waals surface area contributed by atoms with E-state index in [1.807, 2.05) is 0 Å². The van der Waals surface area contributed by atoms with Crippen LogP contribution in [0.5, 0.6) is 0 Å². The Morgan fingerprint density at radius 3 is 2.53 bits per heavy atom. The zero-order valence-corrected chi connectivity index (χ0v) is 9.33. The average molecular weight is 218 g/mol. The topological polar surface area (TPSA) is 76.7 Å². The maximum Gasteiger partial charge on any atom is 0.328 e. The highest BCUT2D eigenvalue weighted by molar-refractivity contribution is 5.85. The van der Waals surface area contributed by atoms with E-state index in [0.29, 0.717) is 13.2 Å². The minimum atomic E-state index is -0.619. The normalized spacial score (nSPS) is 11.9. The zero-order valence-electron chi connectivity index (χ0n) is 9.33. The van der Waals surface area contributed by atoms with Crippen molar-refractivity contribution in [3.8, 4) is 0 Å². The summed E-state index contributed by atoms with van der Waals surface area (Å²) < 4.78 is 9.25. The third-order valence-electron chi connectivity index (χ3n) is 1.70. The second-order valence-electron chi connectivity index (χ2n) is 2.98. The highest BCUT2D eigenvalue weighted by Crippen LogP contribution is 1.84. The van der Waals surface area contributed by atoms with Gasteiger partial charge >= 0.3 is 5.97 Å². The summed E-state index contributed by atoms with van der Waals surface area (Å²) in [4.78, 5) is 22.2. The molecule has 0 heterocycles. The first kappa shape index (κ1) is 13.9. The van der Waals surface area contributed by atoms with E-state index in [1.54, 1.807) is 14.0 Å². The van der Waals surface area contributed by atoms with Crippen molar-refractivity contribution in [2.75, 3.05) is 33.9 Å². The molecule has 2 N–H and O–H groups in total. The molecule has 0 aromatic heterocycles. The van der Waals surface area contributed by atoms with E-state index in [2.05, 4.69) is 15.4 Å². The van der Waals surface area contributed by atoms with E-state index in [-0.39, 0.29) is 12.5 Å². The van der Waals surface area contributed by atoms with Gasteiger partial charge in [-0.05, 0) is 6.92 Å². The Bertz CT molecular complexity index is 208. The van der Waals surface area contributed by atoms with Crippen molar-refractivity contribution in [1.82, 2.24) is 10.6 Å². The van der Waals surface area contributed by atoms with Gasteiger partial charge in [-0.25, -0.2) is 4.79 Å². The van der Waals surface area contributed by atoms with Crippen LogP contribution in [0, 0.1) is 0 Å². The largest absolute Gasteiger partial charge is 0.467 e. The average Bonchev–Trinajstić information content (AvgIpc) is 2.23. The van der Waals surface area contributed by atoms with Crippen molar-refractivity contribution in [3.63, 3.8) is 0 Å². The summed E-state index contributed by atoms with van der Waals surface area (Å²) in [5, 5.41) is 5.35. The number of hydrogen-bond acceptors (Lipinski definition) is 5. The molecule has 0 aliphatic carbocycles. The van der Waals surface area contributed by atoms with E-state index in [4.69, 9.17) is 4.74 Å². The van der Waals surface area contributed by atoms with E-state index in [1.165, 1.54) is 7.11 Å². The molecule has 0 fully saturated rings. The molecule has 0 saturated carbocycles. The number of methoxy groups -OCH3 is 2. The van der Waals surface area contributed by atoms with Gasteiger partial charge in [0.25, 0.3) is 0 Å². The summed E-state index contributed by atoms with van der Waals surface area (Å²) in [6.45, 7) is 2.86. The van der Waals surface area contributed by atoms with Gasteiger partial charge in [0.2, 0.25) is 5.91 Å². The van der Waals surface area contributed by atoms with Crippen LogP contribution >= 0.6 is 0 Å². The lowest BCUT2D eigenvalue weighted by Crippen LogP contribution is -2.43. The second-order valence-corrected chi connectivity index (χ2v) is 2.98. The Kier molecular flexibility index (Phi) is 7.57. The summed E-state index contributed by atoms with van der Waals surface area (Å²) in [6.07, 6.45) is 0. The molecule has 88 valence electrons. The van der Waals surface area contributed by atoms with Crippen LogP contribution in [0.2, 0.25) is 0 Å². The van der Waals surface area contributed by atoms with Crippen molar-refractivity contribution in [3.05, 3.63) is 0 Å². The van der Waals surface area contributed by atoms with Crippen LogP contribution in [0.25, 0.3) is 0 Å². The molecule has 0 aliphatic heterocycles. The van der Waals surface area contributed by atoms with Gasteiger partial charge in [0, 0.05) is 13.7 Å². The molecule has 0 saturated heterocycles. The Labute approximate surface area is 89.3 Å². The molecule has 15 heavy (non-hydrogen) atoms. The third-order valence-corrected chi connectivity index (χ3v) is 1.70. The first-order valence-corrected chi connectivity index (χ1v) is 4.68. The number of carbonyl (C=O) groups excluding carboxylic acids is 2. The van der Waals surface area contributed by atoms with Gasteiger partial charge in [-0.15, -0.1) is 0 Å². The van der Waals surface area contributed by atoms with Crippen molar-refractivity contribution in [1.29, 1.82) is 0 Å². The summed E-state index contributed by atoms with van der Waals surface area (Å²) in [6, 6.07) is -0.619. The summed E-state index contributed by atoms with van der Waals surface area (Å²) in [7, 11) is 2.86. The van der Waals surface area contributed by atoms with Crippen molar-refractivity contribution in [2.45, 2.75) is 13.0 Å². The van der Waals surface area contributed by atoms with Crippen LogP contribution in [0.4, 0.5) is 0 Å². The Morgan fingerprint density at radius 1 is 1.33 bits per heavy atom. The fourth-order valence-electron chi connectivity index (χ4n) is 0.904. The number of rotatable bonds is 7. The maximum atomic E-state index is 11.2. The molecular weight excluding hydrogens is 200 g/mol. The minimum absolute atomic E-state index is 0.157. The van der Waals surface area contributed by atoms with Crippen molar-refractivity contribution >= 4 is 11.9 Å². The SMILES string of the molecule is COCCNCC(=O)N[C@@H](C)C(=O)OC. The van der Waals surface area contributed by atoms with Crippen molar-refractivity contribution < 1.29 is 19.1 Å². The van der Waals surface area contributed by atoms with Gasteiger partial charge in [-0.1, -0.05) is 0 Å². The predicted octanol–water partition coefficient (Wildman–Crippen LogP) is -1.10. The molecule has 1 amide bonds. The van der Waals surface area contributed by atoms with Crippen molar-refractivity contribution in [2.24, 2.45) is 0 Å². The number of nitrogens with one attached hydrogen (secondary N) is 2. The van der Waals surface area contributed by atoms with Crippen LogP contribution in [-0.2, 0) is 19.1 Å². The van der Waals surface area contributed by atoms with Crippen LogP contribution in [0.3, 0.4) is 0 Å². The Balaban J connectivity index is 3.60. The van der Waals surface area contributed by atoms with Crippen LogP contribution in [0.15, 0.2) is 0 Å². The standard InChI is InChI=1S/C9H18N2O4/c1-7(9(13)15-3)11-8(12)6-10-4-5-14-2/h7,10H,4-6H2,1-3H3,(H,11,12)/t7-/m0/s1. The molecule has 0 aromatic rings.